The summed E-state index contributed by atoms with van der Waals surface area (Å²) in [4.78, 5) is 13.2. The highest BCUT2D eigenvalue weighted by atomic mass is 32.2. The molecule has 2 rings (SSSR count). The summed E-state index contributed by atoms with van der Waals surface area (Å²) >= 11 is 1.69. The Hall–Kier alpha value is -1.66. The van der Waals surface area contributed by atoms with Crippen molar-refractivity contribution in [1.82, 2.24) is 5.32 Å². The Morgan fingerprint density at radius 2 is 2.14 bits per heavy atom. The molecule has 2 atom stereocenters. The molecule has 0 saturated carbocycles. The molecular formula is C16H20N2O2S2. The molecule has 0 unspecified atom stereocenters. The van der Waals surface area contributed by atoms with E-state index in [9.17, 15) is 9.00 Å². The van der Waals surface area contributed by atoms with Gasteiger partial charge in [0.2, 0.25) is 0 Å². The summed E-state index contributed by atoms with van der Waals surface area (Å²) in [6.07, 6.45) is 1.63. The first-order valence-corrected chi connectivity index (χ1v) is 9.58. The second kappa shape index (κ2) is 7.56. The third-order valence-electron chi connectivity index (χ3n) is 3.11. The minimum Gasteiger partial charge on any atom is -0.334 e. The van der Waals surface area contributed by atoms with Crippen molar-refractivity contribution in [2.75, 3.05) is 17.3 Å². The minimum absolute atomic E-state index is 0.131. The van der Waals surface area contributed by atoms with Crippen LogP contribution in [-0.4, -0.2) is 28.3 Å². The van der Waals surface area contributed by atoms with Crippen molar-refractivity contribution in [3.05, 3.63) is 41.3 Å². The van der Waals surface area contributed by atoms with Crippen LogP contribution in [0, 0.1) is 6.92 Å². The van der Waals surface area contributed by atoms with Gasteiger partial charge in [0.25, 0.3) is 0 Å². The Kier molecular flexibility index (Phi) is 5.74. The fourth-order valence-corrected chi connectivity index (χ4v) is 3.90. The monoisotopic (exact) mass is 336 g/mol. The SMILES string of the molecule is Cc1ccsc1-c1cccc(NC(=O)N[C@H](C)C[S@](C)=O)c1. The molecule has 0 saturated heterocycles. The maximum Gasteiger partial charge on any atom is 0.319 e. The molecule has 0 spiro atoms. The van der Waals surface area contributed by atoms with Gasteiger partial charge in [-0.25, -0.2) is 4.79 Å². The predicted molar refractivity (Wildman–Crippen MR) is 95.0 cm³/mol. The molecule has 2 N–H and O–H groups in total. The van der Waals surface area contributed by atoms with Crippen LogP contribution in [0.4, 0.5) is 10.5 Å². The van der Waals surface area contributed by atoms with Crippen molar-refractivity contribution >= 4 is 33.9 Å². The summed E-state index contributed by atoms with van der Waals surface area (Å²) in [5, 5.41) is 7.67. The fraction of sp³-hybridized carbons (Fsp3) is 0.312. The van der Waals surface area contributed by atoms with Crippen LogP contribution in [0.25, 0.3) is 10.4 Å². The van der Waals surface area contributed by atoms with E-state index in [0.29, 0.717) is 5.75 Å². The van der Waals surface area contributed by atoms with Gasteiger partial charge in [-0.3, -0.25) is 4.21 Å². The Bertz CT molecular complexity index is 682. The molecule has 0 aliphatic heterocycles. The Labute approximate surface area is 137 Å². The van der Waals surface area contributed by atoms with Crippen LogP contribution in [-0.2, 0) is 10.8 Å². The highest BCUT2D eigenvalue weighted by Crippen LogP contribution is 2.30. The van der Waals surface area contributed by atoms with Crippen molar-refractivity contribution in [1.29, 1.82) is 0 Å². The number of carbonyl (C=O) groups excluding carboxylic acids is 1. The molecule has 0 bridgehead atoms. The maximum absolute atomic E-state index is 12.0. The van der Waals surface area contributed by atoms with Crippen LogP contribution in [0.5, 0.6) is 0 Å². The van der Waals surface area contributed by atoms with Gasteiger partial charge in [-0.15, -0.1) is 11.3 Å². The molecule has 4 nitrogen and oxygen atoms in total. The second-order valence-electron chi connectivity index (χ2n) is 5.25. The van der Waals surface area contributed by atoms with Gasteiger partial charge < -0.3 is 10.6 Å². The summed E-state index contributed by atoms with van der Waals surface area (Å²) in [6, 6.07) is 9.45. The van der Waals surface area contributed by atoms with Gasteiger partial charge in [0.15, 0.2) is 0 Å². The number of urea groups is 1. The summed E-state index contributed by atoms with van der Waals surface area (Å²) in [5.41, 5.74) is 3.06. The standard InChI is InChI=1S/C16H20N2O2S2/c1-11-7-8-21-15(11)13-5-4-6-14(9-13)18-16(19)17-12(2)10-22(3)20/h4-9,12H,10H2,1-3H3,(H2,17,18,19)/t12-,22+/m1/s1. The number of aryl methyl sites for hydroxylation is 1. The van der Waals surface area contributed by atoms with Crippen molar-refractivity contribution in [2.24, 2.45) is 0 Å². The number of carbonyl (C=O) groups is 1. The average molecular weight is 336 g/mol. The van der Waals surface area contributed by atoms with E-state index in [4.69, 9.17) is 0 Å². The highest BCUT2D eigenvalue weighted by Gasteiger charge is 2.10. The molecule has 2 amide bonds. The van der Waals surface area contributed by atoms with Gasteiger partial charge in [0.1, 0.15) is 0 Å². The van der Waals surface area contributed by atoms with E-state index in [1.165, 1.54) is 10.4 Å². The molecule has 22 heavy (non-hydrogen) atoms. The molecule has 1 heterocycles. The zero-order valence-corrected chi connectivity index (χ0v) is 14.5. The number of thiophene rings is 1. The molecule has 1 aromatic heterocycles. The van der Waals surface area contributed by atoms with Crippen molar-refractivity contribution in [2.45, 2.75) is 19.9 Å². The van der Waals surface area contributed by atoms with E-state index < -0.39 is 10.8 Å². The van der Waals surface area contributed by atoms with Crippen LogP contribution in [0.2, 0.25) is 0 Å². The van der Waals surface area contributed by atoms with E-state index >= 15 is 0 Å². The van der Waals surface area contributed by atoms with Gasteiger partial charge in [-0.2, -0.15) is 0 Å². The number of hydrogen-bond acceptors (Lipinski definition) is 3. The summed E-state index contributed by atoms with van der Waals surface area (Å²) in [7, 11) is -0.926. The van der Waals surface area contributed by atoms with E-state index in [1.54, 1.807) is 17.6 Å². The van der Waals surface area contributed by atoms with E-state index in [-0.39, 0.29) is 12.1 Å². The fourth-order valence-electron chi connectivity index (χ4n) is 2.19. The minimum atomic E-state index is -0.926. The van der Waals surface area contributed by atoms with Crippen LogP contribution in [0.3, 0.4) is 0 Å². The Balaban J connectivity index is 2.03. The van der Waals surface area contributed by atoms with E-state index in [0.717, 1.165) is 11.3 Å². The summed E-state index contributed by atoms with van der Waals surface area (Å²) in [6.45, 7) is 3.91. The lowest BCUT2D eigenvalue weighted by Crippen LogP contribution is -2.39. The zero-order valence-electron chi connectivity index (χ0n) is 12.9. The van der Waals surface area contributed by atoms with Gasteiger partial charge in [-0.1, -0.05) is 12.1 Å². The lowest BCUT2D eigenvalue weighted by molar-refractivity contribution is 0.250. The topological polar surface area (TPSA) is 58.2 Å². The molecular weight excluding hydrogens is 316 g/mol. The Morgan fingerprint density at radius 3 is 2.77 bits per heavy atom. The van der Waals surface area contributed by atoms with Crippen LogP contribution in [0.15, 0.2) is 35.7 Å². The quantitative estimate of drug-likeness (QED) is 0.876. The second-order valence-corrected chi connectivity index (χ2v) is 7.65. The third-order valence-corrected chi connectivity index (χ3v) is 5.14. The maximum atomic E-state index is 12.0. The molecule has 0 fully saturated rings. The number of nitrogens with one attached hydrogen (secondary N) is 2. The molecule has 0 aliphatic rings. The van der Waals surface area contributed by atoms with Crippen LogP contribution < -0.4 is 10.6 Å². The first-order valence-electron chi connectivity index (χ1n) is 6.98. The van der Waals surface area contributed by atoms with Crippen LogP contribution >= 0.6 is 11.3 Å². The molecule has 1 aromatic carbocycles. The van der Waals surface area contributed by atoms with Gasteiger partial charge in [0.05, 0.1) is 0 Å². The van der Waals surface area contributed by atoms with Crippen molar-refractivity contribution < 1.29 is 9.00 Å². The largest absolute Gasteiger partial charge is 0.334 e. The lowest BCUT2D eigenvalue weighted by Gasteiger charge is -2.13. The number of rotatable bonds is 5. The highest BCUT2D eigenvalue weighted by molar-refractivity contribution is 7.84. The number of anilines is 1. The molecule has 6 heteroatoms. The van der Waals surface area contributed by atoms with Crippen LogP contribution in [0.1, 0.15) is 12.5 Å². The predicted octanol–water partition coefficient (Wildman–Crippen LogP) is 3.61. The van der Waals surface area contributed by atoms with Crippen molar-refractivity contribution in [3.63, 3.8) is 0 Å². The molecule has 2 aromatic rings. The van der Waals surface area contributed by atoms with E-state index in [1.807, 2.05) is 31.2 Å². The molecule has 118 valence electrons. The number of amides is 2. The number of hydrogen-bond donors (Lipinski definition) is 2. The average Bonchev–Trinajstić information content (AvgIpc) is 2.84. The first kappa shape index (κ1) is 16.7. The van der Waals surface area contributed by atoms with Gasteiger partial charge in [-0.05, 0) is 48.6 Å². The smallest absolute Gasteiger partial charge is 0.319 e. The lowest BCUT2D eigenvalue weighted by atomic mass is 10.1. The summed E-state index contributed by atoms with van der Waals surface area (Å²) < 4.78 is 11.1. The first-order chi connectivity index (χ1) is 10.5. The zero-order chi connectivity index (χ0) is 16.1. The van der Waals surface area contributed by atoms with E-state index in [2.05, 4.69) is 29.0 Å². The van der Waals surface area contributed by atoms with Crippen molar-refractivity contribution in [3.8, 4) is 10.4 Å². The number of benzene rings is 1. The molecule has 0 aliphatic carbocycles. The normalized spacial score (nSPS) is 13.4. The van der Waals surface area contributed by atoms with Gasteiger partial charge >= 0.3 is 6.03 Å². The summed E-state index contributed by atoms with van der Waals surface area (Å²) in [5.74, 6) is 0.446. The van der Waals surface area contributed by atoms with Gasteiger partial charge in [0, 0.05) is 39.4 Å². The Morgan fingerprint density at radius 1 is 1.36 bits per heavy atom. The third kappa shape index (κ3) is 4.68. The molecule has 0 radical (unpaired) electrons.